The van der Waals surface area contributed by atoms with Crippen molar-refractivity contribution in [1.82, 2.24) is 19.2 Å². The number of anilines is 3. The number of sulfonamides is 1. The van der Waals surface area contributed by atoms with E-state index in [0.717, 1.165) is 52.2 Å². The van der Waals surface area contributed by atoms with Crippen molar-refractivity contribution in [3.05, 3.63) is 36.0 Å². The fraction of sp³-hybridized carbons (Fsp3) is 0.560. The van der Waals surface area contributed by atoms with E-state index >= 15 is 0 Å². The zero-order valence-electron chi connectivity index (χ0n) is 21.8. The first-order chi connectivity index (χ1) is 18.5. The van der Waals surface area contributed by atoms with Gasteiger partial charge in [0.25, 0.3) is 5.91 Å². The topological polar surface area (TPSA) is 138 Å². The molecule has 0 saturated carbocycles. The number of hydrogen-bond acceptors (Lipinski definition) is 10. The summed E-state index contributed by atoms with van der Waals surface area (Å²) in [5.41, 5.74) is 0.776. The Hall–Kier alpha value is -2.84. The van der Waals surface area contributed by atoms with Gasteiger partial charge in [-0.05, 0) is 30.7 Å². The van der Waals surface area contributed by atoms with Crippen LogP contribution in [-0.4, -0.2) is 106 Å². The van der Waals surface area contributed by atoms with Crippen LogP contribution in [0.5, 0.6) is 0 Å². The summed E-state index contributed by atoms with van der Waals surface area (Å²) in [6.45, 7) is 8.87. The Morgan fingerprint density at radius 3 is 2.34 bits per heavy atom. The lowest BCUT2D eigenvalue weighted by Gasteiger charge is -2.26. The number of benzene rings is 1. The van der Waals surface area contributed by atoms with E-state index in [4.69, 9.17) is 9.47 Å². The first-order valence-electron chi connectivity index (χ1n) is 13.1. The van der Waals surface area contributed by atoms with Gasteiger partial charge in [-0.2, -0.15) is 9.29 Å². The minimum atomic E-state index is -3.61. The van der Waals surface area contributed by atoms with Crippen molar-refractivity contribution in [1.29, 1.82) is 0 Å². The molecule has 0 atom stereocenters. The molecule has 0 unspecified atom stereocenters. The molecular weight excluding hydrogens is 510 g/mol. The van der Waals surface area contributed by atoms with Crippen LogP contribution in [0.15, 0.2) is 35.4 Å². The maximum absolute atomic E-state index is 13.2. The van der Waals surface area contributed by atoms with Gasteiger partial charge < -0.3 is 25.4 Å². The molecule has 1 aromatic heterocycles. The van der Waals surface area contributed by atoms with Crippen LogP contribution in [0.25, 0.3) is 0 Å². The van der Waals surface area contributed by atoms with Crippen LogP contribution in [0, 0.1) is 0 Å². The van der Waals surface area contributed by atoms with E-state index in [2.05, 4.69) is 37.7 Å². The summed E-state index contributed by atoms with van der Waals surface area (Å²) >= 11 is 0. The average molecular weight is 548 g/mol. The Bertz CT molecular complexity index is 1150. The summed E-state index contributed by atoms with van der Waals surface area (Å²) in [7, 11) is -3.61. The second-order valence-corrected chi connectivity index (χ2v) is 11.0. The number of unbranched alkanes of at least 4 members (excludes halogenated alkanes) is 1. The van der Waals surface area contributed by atoms with Crippen LogP contribution in [0.3, 0.4) is 0 Å². The van der Waals surface area contributed by atoms with Gasteiger partial charge in [-0.1, -0.05) is 13.3 Å². The molecule has 2 aliphatic rings. The predicted octanol–water partition coefficient (Wildman–Crippen LogP) is 1.71. The second-order valence-electron chi connectivity index (χ2n) is 9.11. The summed E-state index contributed by atoms with van der Waals surface area (Å²) in [6, 6.07) is 6.16. The number of hydrogen-bond donors (Lipinski definition) is 3. The number of carbonyl (C=O) groups excluding carboxylic acids is 1. The Morgan fingerprint density at radius 1 is 0.974 bits per heavy atom. The van der Waals surface area contributed by atoms with Gasteiger partial charge in [-0.25, -0.2) is 13.4 Å². The lowest BCUT2D eigenvalue weighted by Crippen LogP contribution is -2.40. The van der Waals surface area contributed by atoms with Gasteiger partial charge in [0, 0.05) is 57.7 Å². The van der Waals surface area contributed by atoms with E-state index in [0.29, 0.717) is 55.9 Å². The molecule has 2 aliphatic heterocycles. The van der Waals surface area contributed by atoms with Crippen LogP contribution in [0.2, 0.25) is 0 Å². The molecule has 0 radical (unpaired) electrons. The molecule has 1 amide bonds. The number of nitrogens with one attached hydrogen (secondary N) is 3. The number of nitrogens with zero attached hydrogens (tertiary/aromatic N) is 4. The van der Waals surface area contributed by atoms with Crippen molar-refractivity contribution in [3.8, 4) is 0 Å². The zero-order chi connectivity index (χ0) is 26.8. The van der Waals surface area contributed by atoms with Gasteiger partial charge in [0.1, 0.15) is 11.4 Å². The monoisotopic (exact) mass is 547 g/mol. The molecule has 0 bridgehead atoms. The molecule has 2 saturated heterocycles. The maximum atomic E-state index is 13.2. The Balaban J connectivity index is 1.43. The number of carbonyl (C=O) groups is 1. The van der Waals surface area contributed by atoms with Gasteiger partial charge in [0.15, 0.2) is 0 Å². The van der Waals surface area contributed by atoms with Gasteiger partial charge in [0.05, 0.1) is 31.3 Å². The minimum Gasteiger partial charge on any atom is -0.379 e. The molecule has 4 rings (SSSR count). The van der Waals surface area contributed by atoms with Crippen LogP contribution in [-0.2, 0) is 19.5 Å². The minimum absolute atomic E-state index is 0.175. The van der Waals surface area contributed by atoms with Crippen molar-refractivity contribution >= 4 is 33.4 Å². The molecule has 1 aromatic carbocycles. The molecule has 208 valence electrons. The quantitative estimate of drug-likeness (QED) is 0.337. The number of aromatic nitrogens is 2. The smallest absolute Gasteiger partial charge is 0.260 e. The molecule has 2 fully saturated rings. The molecule has 3 N–H and O–H groups in total. The van der Waals surface area contributed by atoms with E-state index in [-0.39, 0.29) is 10.8 Å². The zero-order valence-corrected chi connectivity index (χ0v) is 22.6. The van der Waals surface area contributed by atoms with Crippen LogP contribution in [0.1, 0.15) is 30.1 Å². The van der Waals surface area contributed by atoms with E-state index in [1.54, 1.807) is 12.1 Å². The number of ether oxygens (including phenoxy) is 2. The third-order valence-electron chi connectivity index (χ3n) is 6.39. The molecular formula is C25H37N7O5S. The van der Waals surface area contributed by atoms with Crippen molar-refractivity contribution in [2.24, 2.45) is 0 Å². The first-order valence-corrected chi connectivity index (χ1v) is 14.6. The maximum Gasteiger partial charge on any atom is 0.260 e. The van der Waals surface area contributed by atoms with Crippen molar-refractivity contribution in [2.45, 2.75) is 24.7 Å². The van der Waals surface area contributed by atoms with E-state index < -0.39 is 10.0 Å². The van der Waals surface area contributed by atoms with Gasteiger partial charge >= 0.3 is 0 Å². The highest BCUT2D eigenvalue weighted by Crippen LogP contribution is 2.21. The van der Waals surface area contributed by atoms with E-state index in [1.807, 2.05) is 0 Å². The third kappa shape index (κ3) is 7.60. The highest BCUT2D eigenvalue weighted by atomic mass is 32.2. The van der Waals surface area contributed by atoms with Gasteiger partial charge in [0.2, 0.25) is 16.0 Å². The highest BCUT2D eigenvalue weighted by molar-refractivity contribution is 7.89. The average Bonchev–Trinajstić information content (AvgIpc) is 2.95. The Labute approximate surface area is 224 Å². The van der Waals surface area contributed by atoms with Crippen molar-refractivity contribution in [2.75, 3.05) is 88.2 Å². The number of morpholine rings is 2. The number of rotatable bonds is 12. The summed E-state index contributed by atoms with van der Waals surface area (Å²) in [6.07, 6.45) is 3.54. The molecule has 0 aliphatic carbocycles. The standard InChI is InChI=1S/C25H37N7O5S/c1-2-3-8-27-25-28-19-22(23(30-25)26-9-10-31-11-15-36-16-12-31)24(33)29-20-4-6-21(7-5-20)38(34,35)32-13-17-37-18-14-32/h4-7,19H,2-3,8-18H2,1H3,(H,29,33)(H2,26,27,28,30). The van der Waals surface area contributed by atoms with Gasteiger partial charge in [-0.3, -0.25) is 9.69 Å². The summed E-state index contributed by atoms with van der Waals surface area (Å²) in [5, 5.41) is 9.33. The summed E-state index contributed by atoms with van der Waals surface area (Å²) in [4.78, 5) is 24.5. The van der Waals surface area contributed by atoms with E-state index in [9.17, 15) is 13.2 Å². The molecule has 13 heteroatoms. The third-order valence-corrected chi connectivity index (χ3v) is 8.30. The molecule has 38 heavy (non-hydrogen) atoms. The lowest BCUT2D eigenvalue weighted by molar-refractivity contribution is 0.0398. The predicted molar refractivity (Wildman–Crippen MR) is 145 cm³/mol. The molecule has 12 nitrogen and oxygen atoms in total. The molecule has 0 spiro atoms. The molecule has 2 aromatic rings. The second kappa shape index (κ2) is 13.8. The summed E-state index contributed by atoms with van der Waals surface area (Å²) < 4.78 is 37.8. The Morgan fingerprint density at radius 2 is 1.66 bits per heavy atom. The first kappa shape index (κ1) is 28.2. The van der Waals surface area contributed by atoms with Crippen LogP contribution in [0.4, 0.5) is 17.5 Å². The fourth-order valence-corrected chi connectivity index (χ4v) is 5.55. The van der Waals surface area contributed by atoms with Gasteiger partial charge in [-0.15, -0.1) is 0 Å². The molecule has 3 heterocycles. The fourth-order valence-electron chi connectivity index (χ4n) is 4.15. The van der Waals surface area contributed by atoms with Crippen molar-refractivity contribution < 1.29 is 22.7 Å². The lowest BCUT2D eigenvalue weighted by atomic mass is 10.2. The normalized spacial score (nSPS) is 17.2. The number of amides is 1. The highest BCUT2D eigenvalue weighted by Gasteiger charge is 2.26. The van der Waals surface area contributed by atoms with Crippen LogP contribution >= 0.6 is 0 Å². The Kier molecular flexibility index (Phi) is 10.2. The van der Waals surface area contributed by atoms with Crippen LogP contribution < -0.4 is 16.0 Å². The largest absolute Gasteiger partial charge is 0.379 e. The summed E-state index contributed by atoms with van der Waals surface area (Å²) in [5.74, 6) is 0.514. The van der Waals surface area contributed by atoms with E-state index in [1.165, 1.54) is 22.6 Å². The van der Waals surface area contributed by atoms with Crippen molar-refractivity contribution in [3.63, 3.8) is 0 Å². The SMILES string of the molecule is CCCCNc1ncc(C(=O)Nc2ccc(S(=O)(=O)N3CCOCC3)cc2)c(NCCN2CCOCC2)n1.